The number of aromatic nitrogens is 1. The van der Waals surface area contributed by atoms with Crippen LogP contribution in [-0.2, 0) is 0 Å². The molecule has 1 saturated carbocycles. The molecule has 200 valence electrons. The SMILES string of the molecule is CC(=Nc1cc(-c2ncc(C)s2)ccc1C)c1ccoc1.CC1CCCCC1.CCCC.CCCC. The Morgan fingerprint density at radius 2 is 1.61 bits per heavy atom. The van der Waals surface area contributed by atoms with Crippen LogP contribution in [0.4, 0.5) is 5.69 Å². The predicted molar refractivity (Wildman–Crippen MR) is 161 cm³/mol. The molecule has 3 aromatic rings. The quantitative estimate of drug-likeness (QED) is 0.320. The minimum Gasteiger partial charge on any atom is -0.472 e. The van der Waals surface area contributed by atoms with Crippen LogP contribution >= 0.6 is 11.3 Å². The molecule has 0 saturated heterocycles. The molecule has 0 N–H and O–H groups in total. The molecule has 1 aliphatic carbocycles. The summed E-state index contributed by atoms with van der Waals surface area (Å²) in [5.41, 5.74) is 5.18. The Hall–Kier alpha value is -2.20. The fourth-order valence-electron chi connectivity index (χ4n) is 3.37. The molecular formula is C32H50N2OS. The van der Waals surface area contributed by atoms with Crippen molar-refractivity contribution in [2.75, 3.05) is 0 Å². The molecule has 2 aromatic heterocycles. The number of hydrogen-bond acceptors (Lipinski definition) is 4. The molecule has 0 spiro atoms. The first-order valence-electron chi connectivity index (χ1n) is 14.0. The lowest BCUT2D eigenvalue weighted by atomic mass is 9.91. The zero-order valence-corrected chi connectivity index (χ0v) is 25.0. The van der Waals surface area contributed by atoms with Crippen molar-refractivity contribution in [3.63, 3.8) is 0 Å². The third kappa shape index (κ3) is 12.7. The first kappa shape index (κ1) is 31.8. The van der Waals surface area contributed by atoms with E-state index in [0.717, 1.165) is 39.0 Å². The monoisotopic (exact) mass is 510 g/mol. The number of aliphatic imine (C=N–C) groups is 1. The topological polar surface area (TPSA) is 38.4 Å². The van der Waals surface area contributed by atoms with Gasteiger partial charge in [-0.25, -0.2) is 4.98 Å². The number of hydrogen-bond donors (Lipinski definition) is 0. The molecule has 0 atom stereocenters. The van der Waals surface area contributed by atoms with Crippen LogP contribution in [0.1, 0.15) is 115 Å². The smallest absolute Gasteiger partial charge is 0.123 e. The van der Waals surface area contributed by atoms with E-state index in [-0.39, 0.29) is 0 Å². The zero-order valence-electron chi connectivity index (χ0n) is 24.2. The summed E-state index contributed by atoms with van der Waals surface area (Å²) in [6.07, 6.45) is 18.0. The van der Waals surface area contributed by atoms with Crippen LogP contribution in [0, 0.1) is 19.8 Å². The van der Waals surface area contributed by atoms with Crippen molar-refractivity contribution in [1.82, 2.24) is 4.98 Å². The maximum atomic E-state index is 5.11. The molecule has 0 unspecified atom stereocenters. The summed E-state index contributed by atoms with van der Waals surface area (Å²) < 4.78 is 5.11. The van der Waals surface area contributed by atoms with Gasteiger partial charge in [0.05, 0.1) is 18.2 Å². The number of rotatable bonds is 5. The molecule has 0 amide bonds. The number of nitrogens with zero attached hydrogens (tertiary/aromatic N) is 2. The van der Waals surface area contributed by atoms with E-state index in [4.69, 9.17) is 9.41 Å². The van der Waals surface area contributed by atoms with E-state index in [2.05, 4.69) is 71.6 Å². The van der Waals surface area contributed by atoms with Crippen molar-refractivity contribution in [2.24, 2.45) is 10.9 Å². The Morgan fingerprint density at radius 3 is 2.06 bits per heavy atom. The first-order valence-corrected chi connectivity index (χ1v) is 14.8. The Bertz CT molecular complexity index is 958. The summed E-state index contributed by atoms with van der Waals surface area (Å²) in [6.45, 7) is 17.2. The molecule has 2 heterocycles. The second kappa shape index (κ2) is 19.0. The molecule has 3 nitrogen and oxygen atoms in total. The van der Waals surface area contributed by atoms with Gasteiger partial charge in [0.25, 0.3) is 0 Å². The van der Waals surface area contributed by atoms with E-state index in [1.807, 2.05) is 19.2 Å². The normalized spacial score (nSPS) is 13.5. The van der Waals surface area contributed by atoms with E-state index in [9.17, 15) is 0 Å². The summed E-state index contributed by atoms with van der Waals surface area (Å²) in [6, 6.07) is 8.20. The maximum absolute atomic E-state index is 5.11. The largest absolute Gasteiger partial charge is 0.472 e. The van der Waals surface area contributed by atoms with Crippen molar-refractivity contribution in [3.8, 4) is 10.6 Å². The van der Waals surface area contributed by atoms with Crippen molar-refractivity contribution in [3.05, 3.63) is 59.0 Å². The molecular weight excluding hydrogens is 460 g/mol. The van der Waals surface area contributed by atoms with Gasteiger partial charge in [-0.15, -0.1) is 11.3 Å². The van der Waals surface area contributed by atoms with Crippen LogP contribution in [0.5, 0.6) is 0 Å². The minimum atomic E-state index is 0.944. The summed E-state index contributed by atoms with van der Waals surface area (Å²) in [4.78, 5) is 10.4. The van der Waals surface area contributed by atoms with Gasteiger partial charge in [0.1, 0.15) is 5.01 Å². The molecule has 0 aliphatic heterocycles. The number of unbranched alkanes of at least 4 members (excludes halogenated alkanes) is 2. The van der Waals surface area contributed by atoms with E-state index in [1.165, 1.54) is 62.7 Å². The van der Waals surface area contributed by atoms with Gasteiger partial charge in [-0.3, -0.25) is 4.99 Å². The summed E-state index contributed by atoms with van der Waals surface area (Å²) in [5.74, 6) is 1.04. The molecule has 36 heavy (non-hydrogen) atoms. The number of aryl methyl sites for hydroxylation is 2. The number of benzene rings is 1. The van der Waals surface area contributed by atoms with Gasteiger partial charge in [-0.2, -0.15) is 0 Å². The van der Waals surface area contributed by atoms with Crippen LogP contribution < -0.4 is 0 Å². The van der Waals surface area contributed by atoms with Gasteiger partial charge in [-0.05, 0) is 44.4 Å². The third-order valence-electron chi connectivity index (χ3n) is 6.20. The fourth-order valence-corrected chi connectivity index (χ4v) is 4.13. The van der Waals surface area contributed by atoms with E-state index in [0.29, 0.717) is 0 Å². The van der Waals surface area contributed by atoms with Crippen molar-refractivity contribution in [1.29, 1.82) is 0 Å². The highest BCUT2D eigenvalue weighted by Crippen LogP contribution is 2.30. The second-order valence-corrected chi connectivity index (χ2v) is 11.0. The molecule has 0 bridgehead atoms. The predicted octanol–water partition coefficient (Wildman–Crippen LogP) is 11.4. The highest BCUT2D eigenvalue weighted by atomic mass is 32.1. The lowest BCUT2D eigenvalue weighted by Crippen LogP contribution is -1.99. The fraction of sp³-hybridized carbons (Fsp3) is 0.562. The van der Waals surface area contributed by atoms with Crippen LogP contribution in [0.25, 0.3) is 10.6 Å². The van der Waals surface area contributed by atoms with Crippen LogP contribution in [0.3, 0.4) is 0 Å². The number of furan rings is 1. The standard InChI is InChI=1S/C17H16N2OS.C7H14.2C4H10/c1-11-4-5-14(17-18-9-12(2)21-17)8-16(11)19-13(3)15-6-7-20-10-15;1-7-5-3-2-4-6-7;2*1-3-4-2/h4-10H,1-3H3;7H,2-6H2,1H3;2*3-4H2,1-2H3. The first-order chi connectivity index (χ1) is 17.4. The average molecular weight is 511 g/mol. The molecule has 1 aliphatic rings. The van der Waals surface area contributed by atoms with Gasteiger partial charge in [0, 0.05) is 27.9 Å². The van der Waals surface area contributed by atoms with Gasteiger partial charge >= 0.3 is 0 Å². The Kier molecular flexibility index (Phi) is 16.8. The maximum Gasteiger partial charge on any atom is 0.123 e. The lowest BCUT2D eigenvalue weighted by molar-refractivity contribution is 0.385. The highest BCUT2D eigenvalue weighted by molar-refractivity contribution is 7.14. The lowest BCUT2D eigenvalue weighted by Gasteiger charge is -2.15. The highest BCUT2D eigenvalue weighted by Gasteiger charge is 2.07. The Balaban J connectivity index is 0.000000353. The number of thiazole rings is 1. The van der Waals surface area contributed by atoms with Crippen LogP contribution in [0.2, 0.25) is 0 Å². The zero-order chi connectivity index (χ0) is 26.8. The van der Waals surface area contributed by atoms with Crippen LogP contribution in [-0.4, -0.2) is 10.7 Å². The van der Waals surface area contributed by atoms with Gasteiger partial charge in [0.2, 0.25) is 0 Å². The minimum absolute atomic E-state index is 0.944. The van der Waals surface area contributed by atoms with E-state index >= 15 is 0 Å². The molecule has 1 aromatic carbocycles. The Morgan fingerprint density at radius 1 is 0.972 bits per heavy atom. The molecule has 0 radical (unpaired) electrons. The molecule has 4 heteroatoms. The molecule has 4 rings (SSSR count). The van der Waals surface area contributed by atoms with Gasteiger partial charge in [0.15, 0.2) is 0 Å². The van der Waals surface area contributed by atoms with E-state index in [1.54, 1.807) is 23.9 Å². The average Bonchev–Trinajstić information content (AvgIpc) is 3.59. The van der Waals surface area contributed by atoms with Crippen molar-refractivity contribution < 1.29 is 4.42 Å². The Labute approximate surface area is 225 Å². The van der Waals surface area contributed by atoms with Crippen molar-refractivity contribution in [2.45, 2.75) is 113 Å². The third-order valence-corrected chi connectivity index (χ3v) is 7.16. The van der Waals surface area contributed by atoms with Gasteiger partial charge < -0.3 is 4.42 Å². The van der Waals surface area contributed by atoms with E-state index < -0.39 is 0 Å². The summed E-state index contributed by atoms with van der Waals surface area (Å²) in [5, 5.41) is 1.03. The second-order valence-electron chi connectivity index (χ2n) is 9.73. The van der Waals surface area contributed by atoms with Gasteiger partial charge in [-0.1, -0.05) is 105 Å². The molecule has 1 fully saturated rings. The van der Waals surface area contributed by atoms with Crippen LogP contribution in [0.15, 0.2) is 52.4 Å². The summed E-state index contributed by atoms with van der Waals surface area (Å²) >= 11 is 1.70. The van der Waals surface area contributed by atoms with Crippen molar-refractivity contribution >= 4 is 22.7 Å². The summed E-state index contributed by atoms with van der Waals surface area (Å²) in [7, 11) is 0.